The molecule has 0 saturated carbocycles. The average molecular weight is 543 g/mol. The predicted molar refractivity (Wildman–Crippen MR) is 123 cm³/mol. The molecule has 2 amide bonds. The van der Waals surface area contributed by atoms with E-state index in [0.717, 1.165) is 3.57 Å². The summed E-state index contributed by atoms with van der Waals surface area (Å²) in [5.74, 6) is -1.44. The van der Waals surface area contributed by atoms with E-state index in [1.807, 2.05) is 0 Å². The van der Waals surface area contributed by atoms with Gasteiger partial charge in [0.05, 0.1) is 12.4 Å². The van der Waals surface area contributed by atoms with Crippen molar-refractivity contribution in [3.8, 4) is 5.75 Å². The van der Waals surface area contributed by atoms with Crippen LogP contribution < -0.4 is 5.32 Å². The molecule has 0 saturated heterocycles. The van der Waals surface area contributed by atoms with Gasteiger partial charge in [-0.3, -0.25) is 14.9 Å². The summed E-state index contributed by atoms with van der Waals surface area (Å²) >= 11 is 5.94. The third-order valence-electron chi connectivity index (χ3n) is 4.26. The molecule has 0 aliphatic carbocycles. The van der Waals surface area contributed by atoms with E-state index in [0.29, 0.717) is 17.5 Å². The van der Waals surface area contributed by atoms with Crippen molar-refractivity contribution in [2.75, 3.05) is 12.4 Å². The molecule has 2 atom stereocenters. The molecule has 0 heterocycles. The molecular weight excluding hydrogens is 521 g/mol. The van der Waals surface area contributed by atoms with Gasteiger partial charge in [0.25, 0.3) is 5.91 Å². The number of hydrogen-bond donors (Lipinski definition) is 3. The Bertz CT molecular complexity index is 892. The van der Waals surface area contributed by atoms with Crippen LogP contribution in [0.3, 0.4) is 0 Å². The number of phenols is 1. The van der Waals surface area contributed by atoms with Crippen LogP contribution in [0.25, 0.3) is 0 Å². The highest BCUT2D eigenvalue weighted by Crippen LogP contribution is 2.35. The van der Waals surface area contributed by atoms with Gasteiger partial charge in [-0.1, -0.05) is 25.1 Å². The van der Waals surface area contributed by atoms with Gasteiger partial charge in [0.1, 0.15) is 11.9 Å². The van der Waals surface area contributed by atoms with E-state index < -0.39 is 24.1 Å². The number of halogens is 1. The highest BCUT2D eigenvalue weighted by molar-refractivity contribution is 14.1. The lowest BCUT2D eigenvalue weighted by Crippen LogP contribution is -2.33. The number of ether oxygens (including phenoxy) is 2. The number of imide groups is 1. The molecule has 0 aliphatic rings. The first-order valence-corrected chi connectivity index (χ1v) is 10.8. The lowest BCUT2D eigenvalue weighted by Gasteiger charge is -2.25. The van der Waals surface area contributed by atoms with Crippen molar-refractivity contribution in [2.24, 2.45) is 5.92 Å². The quantitative estimate of drug-likeness (QED) is 0.263. The number of nitrogens with one attached hydrogen (secondary N) is 1. The fraction of sp³-hybridized carbons (Fsp3) is 0.286. The van der Waals surface area contributed by atoms with E-state index in [1.54, 1.807) is 49.4 Å². The van der Waals surface area contributed by atoms with E-state index in [-0.39, 0.29) is 24.0 Å². The number of thiol groups is 1. The van der Waals surface area contributed by atoms with E-state index in [9.17, 15) is 19.5 Å². The number of phenolic OH excluding ortho intramolecular Hbond substituents is 1. The minimum absolute atomic E-state index is 0.0318. The molecule has 2 aromatic carbocycles. The maximum atomic E-state index is 12.4. The SMILES string of the molecule is C[C@H](CCOC(=O)CS)[C@H](OC(=O)NC(=O)c1ccccc1)c1cc(I)ccc1O. The Hall–Kier alpha value is -2.27. The summed E-state index contributed by atoms with van der Waals surface area (Å²) in [7, 11) is 0. The zero-order chi connectivity index (χ0) is 22.1. The second-order valence-electron chi connectivity index (χ2n) is 6.49. The zero-order valence-corrected chi connectivity index (χ0v) is 19.3. The maximum absolute atomic E-state index is 12.4. The Morgan fingerprint density at radius 3 is 2.53 bits per heavy atom. The minimum Gasteiger partial charge on any atom is -0.508 e. The highest BCUT2D eigenvalue weighted by atomic mass is 127. The summed E-state index contributed by atoms with van der Waals surface area (Å²) in [5, 5.41) is 12.5. The van der Waals surface area contributed by atoms with Gasteiger partial charge < -0.3 is 14.6 Å². The number of esters is 1. The molecule has 7 nitrogen and oxygen atoms in total. The summed E-state index contributed by atoms with van der Waals surface area (Å²) in [6.45, 7) is 1.90. The Morgan fingerprint density at radius 2 is 1.87 bits per heavy atom. The van der Waals surface area contributed by atoms with Gasteiger partial charge >= 0.3 is 12.1 Å². The topological polar surface area (TPSA) is 102 Å². The van der Waals surface area contributed by atoms with Gasteiger partial charge in [0.2, 0.25) is 0 Å². The molecule has 0 aromatic heterocycles. The van der Waals surface area contributed by atoms with Gasteiger partial charge in [0, 0.05) is 20.6 Å². The van der Waals surface area contributed by atoms with Crippen LogP contribution in [0.15, 0.2) is 48.5 Å². The lowest BCUT2D eigenvalue weighted by molar-refractivity contribution is -0.141. The Morgan fingerprint density at radius 1 is 1.17 bits per heavy atom. The van der Waals surface area contributed by atoms with Crippen LogP contribution >= 0.6 is 35.2 Å². The molecule has 2 rings (SSSR count). The number of benzene rings is 2. The van der Waals surface area contributed by atoms with Crippen molar-refractivity contribution in [3.05, 3.63) is 63.2 Å². The fourth-order valence-electron chi connectivity index (χ4n) is 2.69. The first kappa shape index (κ1) is 24.0. The summed E-state index contributed by atoms with van der Waals surface area (Å²) < 4.78 is 11.4. The van der Waals surface area contributed by atoms with Gasteiger partial charge in [-0.15, -0.1) is 0 Å². The van der Waals surface area contributed by atoms with Gasteiger partial charge in [-0.2, -0.15) is 12.6 Å². The van der Waals surface area contributed by atoms with Crippen LogP contribution in [0, 0.1) is 9.49 Å². The second-order valence-corrected chi connectivity index (χ2v) is 8.06. The third-order valence-corrected chi connectivity index (χ3v) is 5.19. The molecule has 0 bridgehead atoms. The van der Waals surface area contributed by atoms with Crippen LogP contribution in [0.2, 0.25) is 0 Å². The second kappa shape index (κ2) is 11.8. The molecular formula is C21H22INO6S. The normalized spacial score (nSPS) is 12.5. The summed E-state index contributed by atoms with van der Waals surface area (Å²) in [6, 6.07) is 13.2. The van der Waals surface area contributed by atoms with Crippen molar-refractivity contribution < 1.29 is 29.0 Å². The van der Waals surface area contributed by atoms with Gasteiger partial charge in [-0.25, -0.2) is 4.79 Å². The van der Waals surface area contributed by atoms with Crippen LogP contribution in [-0.4, -0.2) is 35.4 Å². The molecule has 0 fully saturated rings. The number of hydrogen-bond acceptors (Lipinski definition) is 7. The number of alkyl carbamates (subject to hydrolysis) is 1. The fourth-order valence-corrected chi connectivity index (χ4v) is 3.30. The summed E-state index contributed by atoms with van der Waals surface area (Å²) in [5.41, 5.74) is 0.715. The van der Waals surface area contributed by atoms with E-state index >= 15 is 0 Å². The van der Waals surface area contributed by atoms with Gasteiger partial charge in [0.15, 0.2) is 0 Å². The van der Waals surface area contributed by atoms with Crippen molar-refractivity contribution in [2.45, 2.75) is 19.4 Å². The summed E-state index contributed by atoms with van der Waals surface area (Å²) in [4.78, 5) is 35.9. The molecule has 0 radical (unpaired) electrons. The monoisotopic (exact) mass is 543 g/mol. The molecule has 2 N–H and O–H groups in total. The standard InChI is InChI=1S/C21H22INO6S/c1-13(9-10-28-18(25)12-30)19(16-11-15(22)7-8-17(16)24)29-21(27)23-20(26)14-5-3-2-4-6-14/h2-8,11,13,19,24,30H,9-10,12H2,1H3,(H,23,26,27)/t13-,19+/m1/s1. The third kappa shape index (κ3) is 7.21. The highest BCUT2D eigenvalue weighted by Gasteiger charge is 2.27. The smallest absolute Gasteiger partial charge is 0.414 e. The molecule has 0 aliphatic heterocycles. The van der Waals surface area contributed by atoms with Crippen molar-refractivity contribution in [1.29, 1.82) is 0 Å². The van der Waals surface area contributed by atoms with Crippen molar-refractivity contribution in [3.63, 3.8) is 0 Å². The van der Waals surface area contributed by atoms with Crippen LogP contribution in [-0.2, 0) is 14.3 Å². The molecule has 0 unspecified atom stereocenters. The number of aromatic hydroxyl groups is 1. The Kier molecular flexibility index (Phi) is 9.44. The first-order chi connectivity index (χ1) is 14.3. The first-order valence-electron chi connectivity index (χ1n) is 9.13. The molecule has 30 heavy (non-hydrogen) atoms. The minimum atomic E-state index is -0.939. The largest absolute Gasteiger partial charge is 0.508 e. The van der Waals surface area contributed by atoms with Crippen LogP contribution in [0.5, 0.6) is 5.75 Å². The number of amides is 2. The summed E-state index contributed by atoms with van der Waals surface area (Å²) in [6.07, 6.45) is -1.43. The van der Waals surface area contributed by atoms with Crippen molar-refractivity contribution in [1.82, 2.24) is 5.32 Å². The van der Waals surface area contributed by atoms with E-state index in [2.05, 4.69) is 40.5 Å². The van der Waals surface area contributed by atoms with E-state index in [4.69, 9.17) is 9.47 Å². The van der Waals surface area contributed by atoms with Crippen LogP contribution in [0.1, 0.15) is 35.4 Å². The maximum Gasteiger partial charge on any atom is 0.414 e. The Labute approximate surface area is 193 Å². The number of rotatable bonds is 8. The molecule has 160 valence electrons. The molecule has 0 spiro atoms. The van der Waals surface area contributed by atoms with E-state index in [1.165, 1.54) is 6.07 Å². The zero-order valence-electron chi connectivity index (χ0n) is 16.2. The molecule has 2 aromatic rings. The van der Waals surface area contributed by atoms with Gasteiger partial charge in [-0.05, 0) is 59.3 Å². The Balaban J connectivity index is 2.14. The van der Waals surface area contributed by atoms with Crippen LogP contribution in [0.4, 0.5) is 4.79 Å². The molecule has 9 heteroatoms. The van der Waals surface area contributed by atoms with Crippen molar-refractivity contribution >= 4 is 53.2 Å². The number of carbonyl (C=O) groups excluding carboxylic acids is 3. The number of carbonyl (C=O) groups is 3. The average Bonchev–Trinajstić information content (AvgIpc) is 2.74. The predicted octanol–water partition coefficient (Wildman–Crippen LogP) is 4.10. The lowest BCUT2D eigenvalue weighted by atomic mass is 9.94.